The van der Waals surface area contributed by atoms with Gasteiger partial charge in [-0.1, -0.05) is 23.7 Å². The van der Waals surface area contributed by atoms with Gasteiger partial charge < -0.3 is 15.0 Å². The highest BCUT2D eigenvalue weighted by atomic mass is 35.5. The topological polar surface area (TPSA) is 41.6 Å². The number of hydrogen-bond acceptors (Lipinski definition) is 4. The molecule has 0 spiro atoms. The van der Waals surface area contributed by atoms with Gasteiger partial charge in [-0.3, -0.25) is 4.79 Å². The van der Waals surface area contributed by atoms with E-state index in [0.717, 1.165) is 36.0 Å². The lowest BCUT2D eigenvalue weighted by Gasteiger charge is -2.31. The third kappa shape index (κ3) is 5.90. The molecule has 2 aromatic rings. The third-order valence-electron chi connectivity index (χ3n) is 4.53. The molecule has 3 rings (SSSR count). The lowest BCUT2D eigenvalue weighted by molar-refractivity contribution is 0.0757. The summed E-state index contributed by atoms with van der Waals surface area (Å²) in [4.78, 5) is 16.1. The average Bonchev–Trinajstić information content (AvgIpc) is 2.69. The minimum Gasteiger partial charge on any atom is -0.379 e. The zero-order chi connectivity index (χ0) is 19.9. The summed E-state index contributed by atoms with van der Waals surface area (Å²) in [5.74, 6) is 1.01. The number of carbonyl (C=O) groups is 1. The van der Waals surface area contributed by atoms with Gasteiger partial charge in [0.05, 0.1) is 11.8 Å². The average molecular weight is 419 g/mol. The van der Waals surface area contributed by atoms with Crippen LogP contribution in [0.2, 0.25) is 5.02 Å². The van der Waals surface area contributed by atoms with Crippen LogP contribution < -0.4 is 10.2 Å². The van der Waals surface area contributed by atoms with Crippen molar-refractivity contribution in [1.29, 1.82) is 0 Å². The highest BCUT2D eigenvalue weighted by Gasteiger charge is 2.19. The van der Waals surface area contributed by atoms with Crippen molar-refractivity contribution in [1.82, 2.24) is 5.32 Å². The number of rotatable bonds is 8. The minimum absolute atomic E-state index is 0.0330. The first-order valence-electron chi connectivity index (χ1n) is 9.69. The van der Waals surface area contributed by atoms with Crippen molar-refractivity contribution < 1.29 is 9.53 Å². The monoisotopic (exact) mass is 418 g/mol. The first-order chi connectivity index (χ1) is 13.5. The number of carbonyl (C=O) groups excluding carboxylic acids is 1. The van der Waals surface area contributed by atoms with E-state index < -0.39 is 0 Å². The molecular formula is C22H27ClN2O2S. The zero-order valence-corrected chi connectivity index (χ0v) is 18.0. The quantitative estimate of drug-likeness (QED) is 0.612. The van der Waals surface area contributed by atoms with E-state index in [-0.39, 0.29) is 12.0 Å². The maximum absolute atomic E-state index is 12.5. The van der Waals surface area contributed by atoms with Gasteiger partial charge in [0, 0.05) is 47.5 Å². The summed E-state index contributed by atoms with van der Waals surface area (Å²) in [5.41, 5.74) is 3.04. The van der Waals surface area contributed by atoms with Crippen LogP contribution in [0.25, 0.3) is 0 Å². The van der Waals surface area contributed by atoms with Crippen molar-refractivity contribution in [3.8, 4) is 0 Å². The van der Waals surface area contributed by atoms with E-state index in [0.29, 0.717) is 18.7 Å². The molecule has 0 atom stereocenters. The summed E-state index contributed by atoms with van der Waals surface area (Å²) in [6.45, 7) is 7.07. The second kappa shape index (κ2) is 10.2. The van der Waals surface area contributed by atoms with E-state index >= 15 is 0 Å². The summed E-state index contributed by atoms with van der Waals surface area (Å²) in [5, 5.41) is 3.74. The van der Waals surface area contributed by atoms with Crippen LogP contribution in [0.4, 0.5) is 5.69 Å². The van der Waals surface area contributed by atoms with E-state index in [1.807, 2.05) is 49.9 Å². The Morgan fingerprint density at radius 1 is 1.25 bits per heavy atom. The Balaban J connectivity index is 1.64. The number of ether oxygens (including phenoxy) is 1. The summed E-state index contributed by atoms with van der Waals surface area (Å²) in [6, 6.07) is 13.9. The molecule has 0 saturated carbocycles. The molecule has 0 radical (unpaired) electrons. The van der Waals surface area contributed by atoms with Gasteiger partial charge in [0.2, 0.25) is 0 Å². The van der Waals surface area contributed by atoms with Crippen LogP contribution in [0.15, 0.2) is 47.4 Å². The predicted octanol–water partition coefficient (Wildman–Crippen LogP) is 5.00. The zero-order valence-electron chi connectivity index (χ0n) is 16.4. The van der Waals surface area contributed by atoms with Gasteiger partial charge in [0.1, 0.15) is 0 Å². The fraction of sp³-hybridized carbons (Fsp3) is 0.409. The van der Waals surface area contributed by atoms with Crippen molar-refractivity contribution in [2.45, 2.75) is 37.8 Å². The standard InChI is InChI=1S/C22H27ClN2O2S/c1-16(2)27-12-3-10-24-22(26)18-6-9-21-20(14-18)25(11-13-28-21)15-17-4-7-19(23)8-5-17/h4-9,14,16H,3,10-13,15H2,1-2H3,(H,24,26). The van der Waals surface area contributed by atoms with Crippen molar-refractivity contribution in [3.05, 3.63) is 58.6 Å². The van der Waals surface area contributed by atoms with Gasteiger partial charge in [-0.25, -0.2) is 0 Å². The largest absolute Gasteiger partial charge is 0.379 e. The molecule has 2 aromatic carbocycles. The van der Waals surface area contributed by atoms with E-state index in [4.69, 9.17) is 16.3 Å². The van der Waals surface area contributed by atoms with Crippen LogP contribution in [0.5, 0.6) is 0 Å². The van der Waals surface area contributed by atoms with Crippen LogP contribution in [0.1, 0.15) is 36.2 Å². The molecule has 0 saturated heterocycles. The Morgan fingerprint density at radius 3 is 2.79 bits per heavy atom. The third-order valence-corrected chi connectivity index (χ3v) is 5.82. The lowest BCUT2D eigenvalue weighted by Crippen LogP contribution is -2.30. The van der Waals surface area contributed by atoms with Crippen LogP contribution in [0.3, 0.4) is 0 Å². The van der Waals surface area contributed by atoms with Crippen molar-refractivity contribution >= 4 is 35.0 Å². The molecule has 6 heteroatoms. The maximum atomic E-state index is 12.5. The molecule has 1 aliphatic rings. The van der Waals surface area contributed by atoms with E-state index in [1.165, 1.54) is 10.5 Å². The minimum atomic E-state index is -0.0330. The Bertz CT molecular complexity index is 796. The first kappa shape index (κ1) is 21.0. The highest BCUT2D eigenvalue weighted by molar-refractivity contribution is 7.99. The fourth-order valence-corrected chi connectivity index (χ4v) is 4.24. The number of anilines is 1. The number of thioether (sulfide) groups is 1. The SMILES string of the molecule is CC(C)OCCCNC(=O)c1ccc2c(c1)N(Cc1ccc(Cl)cc1)CCS2. The number of hydrogen-bond donors (Lipinski definition) is 1. The molecule has 1 aliphatic heterocycles. The Hall–Kier alpha value is -1.69. The first-order valence-corrected chi connectivity index (χ1v) is 11.1. The van der Waals surface area contributed by atoms with Gasteiger partial charge in [-0.15, -0.1) is 11.8 Å². The summed E-state index contributed by atoms with van der Waals surface area (Å²) in [6.07, 6.45) is 1.04. The van der Waals surface area contributed by atoms with Gasteiger partial charge in [-0.2, -0.15) is 0 Å². The molecule has 0 fully saturated rings. The molecular weight excluding hydrogens is 392 g/mol. The number of halogens is 1. The van der Waals surface area contributed by atoms with Crippen LogP contribution in [0, 0.1) is 0 Å². The molecule has 28 heavy (non-hydrogen) atoms. The molecule has 0 unspecified atom stereocenters. The van der Waals surface area contributed by atoms with E-state index in [1.54, 1.807) is 0 Å². The van der Waals surface area contributed by atoms with Crippen LogP contribution >= 0.6 is 23.4 Å². The van der Waals surface area contributed by atoms with Crippen LogP contribution in [-0.2, 0) is 11.3 Å². The number of nitrogens with one attached hydrogen (secondary N) is 1. The molecule has 0 aromatic heterocycles. The normalized spacial score (nSPS) is 13.5. The summed E-state index contributed by atoms with van der Waals surface area (Å²) >= 11 is 7.84. The molecule has 1 N–H and O–H groups in total. The Kier molecular flexibility index (Phi) is 7.65. The molecule has 0 aliphatic carbocycles. The Labute approximate surface area is 176 Å². The maximum Gasteiger partial charge on any atom is 0.251 e. The van der Waals surface area contributed by atoms with E-state index in [2.05, 4.69) is 28.4 Å². The van der Waals surface area contributed by atoms with Crippen molar-refractivity contribution in [2.75, 3.05) is 30.3 Å². The number of nitrogens with zero attached hydrogens (tertiary/aromatic N) is 1. The van der Waals surface area contributed by atoms with Crippen molar-refractivity contribution in [3.63, 3.8) is 0 Å². The molecule has 1 heterocycles. The molecule has 1 amide bonds. The second-order valence-corrected chi connectivity index (χ2v) is 8.68. The van der Waals surface area contributed by atoms with E-state index in [9.17, 15) is 4.79 Å². The Morgan fingerprint density at radius 2 is 2.04 bits per heavy atom. The molecule has 150 valence electrons. The van der Waals surface area contributed by atoms with Gasteiger partial charge in [0.25, 0.3) is 5.91 Å². The smallest absolute Gasteiger partial charge is 0.251 e. The highest BCUT2D eigenvalue weighted by Crippen LogP contribution is 2.36. The fourth-order valence-electron chi connectivity index (χ4n) is 3.08. The lowest BCUT2D eigenvalue weighted by atomic mass is 10.1. The number of benzene rings is 2. The van der Waals surface area contributed by atoms with Crippen molar-refractivity contribution in [2.24, 2.45) is 0 Å². The summed E-state index contributed by atoms with van der Waals surface area (Å²) < 4.78 is 5.51. The number of amides is 1. The van der Waals surface area contributed by atoms with Gasteiger partial charge >= 0.3 is 0 Å². The molecule has 0 bridgehead atoms. The number of fused-ring (bicyclic) bond motifs is 1. The summed E-state index contributed by atoms with van der Waals surface area (Å²) in [7, 11) is 0. The molecule has 4 nitrogen and oxygen atoms in total. The predicted molar refractivity (Wildman–Crippen MR) is 118 cm³/mol. The second-order valence-electron chi connectivity index (χ2n) is 7.11. The van der Waals surface area contributed by atoms with Gasteiger partial charge in [-0.05, 0) is 56.2 Å². The van der Waals surface area contributed by atoms with Gasteiger partial charge in [0.15, 0.2) is 0 Å². The van der Waals surface area contributed by atoms with Crippen LogP contribution in [-0.4, -0.2) is 37.5 Å².